The first-order chi connectivity index (χ1) is 14.0. The van der Waals surface area contributed by atoms with E-state index in [1.807, 2.05) is 24.6 Å². The summed E-state index contributed by atoms with van der Waals surface area (Å²) in [5, 5.41) is 10.9. The molecule has 1 aliphatic rings. The molecule has 4 aromatic heterocycles. The zero-order valence-electron chi connectivity index (χ0n) is 15.9. The highest BCUT2D eigenvalue weighted by Gasteiger charge is 2.35. The highest BCUT2D eigenvalue weighted by Crippen LogP contribution is 2.48. The smallest absolute Gasteiger partial charge is 0.149 e. The molecule has 1 aliphatic carbocycles. The minimum Gasteiger partial charge on any atom is -0.383 e. The van der Waals surface area contributed by atoms with E-state index < -0.39 is 0 Å². The van der Waals surface area contributed by atoms with Crippen LogP contribution in [0.1, 0.15) is 44.4 Å². The van der Waals surface area contributed by atoms with Crippen LogP contribution in [0.3, 0.4) is 0 Å². The third-order valence-corrected chi connectivity index (χ3v) is 5.57. The van der Waals surface area contributed by atoms with Gasteiger partial charge >= 0.3 is 0 Å². The minimum atomic E-state index is 0.0671. The zero-order valence-corrected chi connectivity index (χ0v) is 17.4. The average Bonchev–Trinajstić information content (AvgIpc) is 3.31. The molecule has 0 bridgehead atoms. The Kier molecular flexibility index (Phi) is 4.26. The van der Waals surface area contributed by atoms with Crippen molar-refractivity contribution in [3.8, 4) is 22.6 Å². The van der Waals surface area contributed by atoms with Crippen LogP contribution in [-0.4, -0.2) is 24.9 Å². The van der Waals surface area contributed by atoms with Gasteiger partial charge in [0.05, 0.1) is 38.4 Å². The molecule has 5 rings (SSSR count). The molecule has 0 amide bonds. The van der Waals surface area contributed by atoms with Crippen molar-refractivity contribution in [3.63, 3.8) is 0 Å². The van der Waals surface area contributed by atoms with Crippen LogP contribution in [0.5, 0.6) is 0 Å². The van der Waals surface area contributed by atoms with Gasteiger partial charge in [-0.05, 0) is 38.8 Å². The second kappa shape index (κ2) is 6.71. The number of hydrogen-bond acceptors (Lipinski definition) is 6. The first-order valence-electron chi connectivity index (χ1n) is 9.39. The van der Waals surface area contributed by atoms with Crippen molar-refractivity contribution in [1.82, 2.24) is 24.9 Å². The van der Waals surface area contributed by atoms with Gasteiger partial charge in [0, 0.05) is 18.2 Å². The van der Waals surface area contributed by atoms with Crippen molar-refractivity contribution < 1.29 is 4.52 Å². The van der Waals surface area contributed by atoms with Gasteiger partial charge in [-0.3, -0.25) is 9.67 Å². The number of nitrogen functional groups attached to an aromatic ring is 1. The quantitative estimate of drug-likeness (QED) is 0.461. The lowest BCUT2D eigenvalue weighted by atomic mass is 10.0. The van der Waals surface area contributed by atoms with E-state index in [1.165, 1.54) is 0 Å². The maximum Gasteiger partial charge on any atom is 0.149 e. The van der Waals surface area contributed by atoms with Crippen molar-refractivity contribution >= 4 is 39.9 Å². The topological polar surface area (TPSA) is 95.7 Å². The van der Waals surface area contributed by atoms with E-state index in [1.54, 1.807) is 18.5 Å². The lowest BCUT2D eigenvalue weighted by Crippen LogP contribution is -2.03. The number of fused-ring (bicyclic) bond motifs is 1. The Morgan fingerprint density at radius 3 is 2.59 bits per heavy atom. The molecule has 0 aromatic carbocycles. The van der Waals surface area contributed by atoms with Gasteiger partial charge in [0.2, 0.25) is 0 Å². The molecule has 29 heavy (non-hydrogen) atoms. The van der Waals surface area contributed by atoms with Crippen LogP contribution in [0.2, 0.25) is 10.0 Å². The summed E-state index contributed by atoms with van der Waals surface area (Å²) in [6, 6.07) is 3.73. The number of nitrogens with zero attached hydrogens (tertiary/aromatic N) is 5. The maximum absolute atomic E-state index is 6.47. The van der Waals surface area contributed by atoms with E-state index in [2.05, 4.69) is 15.1 Å². The highest BCUT2D eigenvalue weighted by molar-refractivity contribution is 6.35. The molecule has 4 aromatic rings. The molecule has 2 N–H and O–H groups in total. The Morgan fingerprint density at radius 1 is 1.14 bits per heavy atom. The van der Waals surface area contributed by atoms with Gasteiger partial charge in [0.1, 0.15) is 23.0 Å². The summed E-state index contributed by atoms with van der Waals surface area (Å²) in [6.07, 6.45) is 5.28. The largest absolute Gasteiger partial charge is 0.383 e. The fourth-order valence-corrected chi connectivity index (χ4v) is 3.90. The van der Waals surface area contributed by atoms with E-state index in [9.17, 15) is 0 Å². The van der Waals surface area contributed by atoms with Crippen LogP contribution in [0.15, 0.2) is 29.0 Å². The van der Waals surface area contributed by atoms with E-state index in [-0.39, 0.29) is 6.04 Å². The number of rotatable bonds is 4. The van der Waals surface area contributed by atoms with E-state index in [4.69, 9.17) is 38.6 Å². The molecule has 9 heteroatoms. The zero-order chi connectivity index (χ0) is 20.3. The molecule has 0 unspecified atom stereocenters. The normalized spacial score (nSPS) is 14.2. The standard InChI is InChI=1S/C20H18Cl2N6O/c1-9(2)28-18-12(22)8-25-20(23)15(18)16(26-28)17-14(13-6-5-11(21)7-24-13)19(29-27-17)10-3-4-10/h5-10H,3-4H2,1-2H3,(H2,23,25). The lowest BCUT2D eigenvalue weighted by molar-refractivity contribution is 0.386. The van der Waals surface area contributed by atoms with Gasteiger partial charge in [0.25, 0.3) is 0 Å². The van der Waals surface area contributed by atoms with E-state index in [0.717, 1.165) is 35.4 Å². The number of nitrogens with two attached hydrogens (primary N) is 1. The summed E-state index contributed by atoms with van der Waals surface area (Å²) in [7, 11) is 0. The third-order valence-electron chi connectivity index (χ3n) is 5.07. The van der Waals surface area contributed by atoms with Crippen LogP contribution in [0, 0.1) is 0 Å². The first kappa shape index (κ1) is 18.4. The Labute approximate surface area is 176 Å². The van der Waals surface area contributed by atoms with Crippen molar-refractivity contribution in [2.75, 3.05) is 5.73 Å². The first-order valence-corrected chi connectivity index (χ1v) is 10.1. The van der Waals surface area contributed by atoms with Gasteiger partial charge in [-0.15, -0.1) is 0 Å². The highest BCUT2D eigenvalue weighted by atomic mass is 35.5. The minimum absolute atomic E-state index is 0.0671. The van der Waals surface area contributed by atoms with Gasteiger partial charge in [-0.2, -0.15) is 5.10 Å². The SMILES string of the molecule is CC(C)n1nc(-c2noc(C3CC3)c2-c2ccc(Cl)cn2)c2c(N)ncc(Cl)c21. The van der Waals surface area contributed by atoms with Crippen LogP contribution in [-0.2, 0) is 0 Å². The molecule has 4 heterocycles. The fourth-order valence-electron chi connectivity index (χ4n) is 3.56. The third kappa shape index (κ3) is 2.96. The number of hydrogen-bond donors (Lipinski definition) is 1. The Hall–Kier alpha value is -2.64. The molecule has 7 nitrogen and oxygen atoms in total. The van der Waals surface area contributed by atoms with Crippen LogP contribution in [0.25, 0.3) is 33.5 Å². The summed E-state index contributed by atoms with van der Waals surface area (Å²) in [4.78, 5) is 8.74. The number of halogens is 2. The predicted octanol–water partition coefficient (Wildman–Crippen LogP) is 5.50. The van der Waals surface area contributed by atoms with Crippen LogP contribution >= 0.6 is 23.2 Å². The number of pyridine rings is 2. The molecule has 0 spiro atoms. The summed E-state index contributed by atoms with van der Waals surface area (Å²) >= 11 is 12.5. The molecule has 0 aliphatic heterocycles. The molecule has 0 saturated heterocycles. The van der Waals surface area contributed by atoms with E-state index >= 15 is 0 Å². The van der Waals surface area contributed by atoms with Crippen LogP contribution in [0.4, 0.5) is 5.82 Å². The molecule has 0 atom stereocenters. The van der Waals surface area contributed by atoms with Gasteiger partial charge in [0.15, 0.2) is 0 Å². The summed E-state index contributed by atoms with van der Waals surface area (Å²) in [6.45, 7) is 4.06. The predicted molar refractivity (Wildman–Crippen MR) is 113 cm³/mol. The van der Waals surface area contributed by atoms with Crippen molar-refractivity contribution in [2.24, 2.45) is 0 Å². The molecule has 1 fully saturated rings. The molecule has 0 radical (unpaired) electrons. The number of aromatic nitrogens is 5. The van der Waals surface area contributed by atoms with Gasteiger partial charge < -0.3 is 10.3 Å². The Balaban J connectivity index is 1.83. The molecule has 148 valence electrons. The monoisotopic (exact) mass is 428 g/mol. The lowest BCUT2D eigenvalue weighted by Gasteiger charge is -2.07. The second-order valence-electron chi connectivity index (χ2n) is 7.51. The van der Waals surface area contributed by atoms with Crippen molar-refractivity contribution in [2.45, 2.75) is 38.6 Å². The Bertz CT molecular complexity index is 1220. The second-order valence-corrected chi connectivity index (χ2v) is 8.35. The van der Waals surface area contributed by atoms with Crippen molar-refractivity contribution in [1.29, 1.82) is 0 Å². The summed E-state index contributed by atoms with van der Waals surface area (Å²) < 4.78 is 7.62. The van der Waals surface area contributed by atoms with Gasteiger partial charge in [-0.1, -0.05) is 28.4 Å². The van der Waals surface area contributed by atoms with E-state index in [0.29, 0.717) is 38.6 Å². The fraction of sp³-hybridized carbons (Fsp3) is 0.300. The van der Waals surface area contributed by atoms with Gasteiger partial charge in [-0.25, -0.2) is 4.98 Å². The van der Waals surface area contributed by atoms with Crippen molar-refractivity contribution in [3.05, 3.63) is 40.3 Å². The number of anilines is 1. The maximum atomic E-state index is 6.47. The Morgan fingerprint density at radius 2 is 1.93 bits per heavy atom. The average molecular weight is 429 g/mol. The molecule has 1 saturated carbocycles. The summed E-state index contributed by atoms with van der Waals surface area (Å²) in [5.74, 6) is 1.49. The van der Waals surface area contributed by atoms with Crippen LogP contribution < -0.4 is 5.73 Å². The molecular formula is C20H18Cl2N6O. The summed E-state index contributed by atoms with van der Waals surface area (Å²) in [5.41, 5.74) is 9.70. The molecular weight excluding hydrogens is 411 g/mol.